The maximum absolute atomic E-state index is 11.2. The average molecular weight is 334 g/mol. The van der Waals surface area contributed by atoms with Gasteiger partial charge in [-0.1, -0.05) is 11.8 Å². The van der Waals surface area contributed by atoms with Gasteiger partial charge >= 0.3 is 0 Å². The Morgan fingerprint density at radius 3 is 2.61 bits per heavy atom. The Balaban J connectivity index is 2.32. The number of ether oxygens (including phenoxy) is 2. The van der Waals surface area contributed by atoms with Crippen LogP contribution in [0.15, 0.2) is 29.3 Å². The maximum atomic E-state index is 11.2. The fraction of sp³-hybridized carbons (Fsp3) is 0.267. The molecule has 0 bridgehead atoms. The summed E-state index contributed by atoms with van der Waals surface area (Å²) >= 11 is 1.29. The predicted octanol–water partition coefficient (Wildman–Crippen LogP) is 1.55. The number of amides is 1. The van der Waals surface area contributed by atoms with Gasteiger partial charge in [-0.05, 0) is 31.2 Å². The van der Waals surface area contributed by atoms with Crippen molar-refractivity contribution in [3.63, 3.8) is 0 Å². The van der Waals surface area contributed by atoms with Gasteiger partial charge in [0.15, 0.2) is 17.3 Å². The first kappa shape index (κ1) is 17.0. The number of carbonyl (C=O) groups is 1. The van der Waals surface area contributed by atoms with E-state index in [4.69, 9.17) is 15.3 Å². The quantitative estimate of drug-likeness (QED) is 0.272. The van der Waals surface area contributed by atoms with Crippen molar-refractivity contribution < 1.29 is 14.3 Å². The minimum atomic E-state index is -0.265. The second-order valence-corrected chi connectivity index (χ2v) is 5.59. The summed E-state index contributed by atoms with van der Waals surface area (Å²) in [6, 6.07) is 7.29. The SMILES string of the molecule is COc1ccc(-c2nc(C)cc(SCC(=O)NN)n2)cc1OC. The number of hydrogen-bond donors (Lipinski definition) is 2. The van der Waals surface area contributed by atoms with Crippen molar-refractivity contribution >= 4 is 17.7 Å². The standard InChI is InChI=1S/C15H18N4O3S/c1-9-6-14(23-8-13(20)19-16)18-15(17-9)10-4-5-11(21-2)12(7-10)22-3/h4-7H,8,16H2,1-3H3,(H,19,20). The van der Waals surface area contributed by atoms with Gasteiger partial charge in [0, 0.05) is 11.3 Å². The van der Waals surface area contributed by atoms with Crippen LogP contribution in [0.2, 0.25) is 0 Å². The smallest absolute Gasteiger partial charge is 0.244 e. The summed E-state index contributed by atoms with van der Waals surface area (Å²) in [5.74, 6) is 6.80. The number of hydrazine groups is 1. The van der Waals surface area contributed by atoms with Crippen LogP contribution in [-0.2, 0) is 4.79 Å². The van der Waals surface area contributed by atoms with Crippen molar-refractivity contribution in [2.75, 3.05) is 20.0 Å². The molecule has 1 amide bonds. The molecule has 0 saturated heterocycles. The van der Waals surface area contributed by atoms with Gasteiger partial charge in [0.25, 0.3) is 0 Å². The molecular weight excluding hydrogens is 316 g/mol. The Labute approximate surface area is 138 Å². The van der Waals surface area contributed by atoms with Gasteiger partial charge in [-0.25, -0.2) is 15.8 Å². The molecule has 3 N–H and O–H groups in total. The molecule has 8 heteroatoms. The van der Waals surface area contributed by atoms with E-state index in [2.05, 4.69) is 15.4 Å². The lowest BCUT2D eigenvalue weighted by molar-refractivity contribution is -0.118. The van der Waals surface area contributed by atoms with E-state index < -0.39 is 0 Å². The predicted molar refractivity (Wildman–Crippen MR) is 88.4 cm³/mol. The zero-order valence-corrected chi connectivity index (χ0v) is 13.9. The number of methoxy groups -OCH3 is 2. The molecule has 0 fully saturated rings. The molecule has 2 rings (SSSR count). The minimum absolute atomic E-state index is 0.193. The van der Waals surface area contributed by atoms with E-state index in [0.29, 0.717) is 22.3 Å². The summed E-state index contributed by atoms with van der Waals surface area (Å²) in [7, 11) is 3.16. The van der Waals surface area contributed by atoms with Crippen molar-refractivity contribution in [2.45, 2.75) is 11.9 Å². The second kappa shape index (κ2) is 7.80. The molecule has 0 saturated carbocycles. The Morgan fingerprint density at radius 2 is 1.96 bits per heavy atom. The van der Waals surface area contributed by atoms with Crippen LogP contribution in [-0.4, -0.2) is 35.8 Å². The first-order valence-electron chi connectivity index (χ1n) is 6.77. The summed E-state index contributed by atoms with van der Waals surface area (Å²) in [5.41, 5.74) is 3.70. The Morgan fingerprint density at radius 1 is 1.22 bits per heavy atom. The summed E-state index contributed by atoms with van der Waals surface area (Å²) in [6.45, 7) is 1.87. The van der Waals surface area contributed by atoms with E-state index in [0.717, 1.165) is 11.3 Å². The summed E-state index contributed by atoms with van der Waals surface area (Å²) in [4.78, 5) is 20.2. The molecule has 0 spiro atoms. The molecule has 1 aromatic heterocycles. The molecular formula is C15H18N4O3S. The second-order valence-electron chi connectivity index (χ2n) is 4.60. The molecule has 0 unspecified atom stereocenters. The zero-order valence-electron chi connectivity index (χ0n) is 13.1. The zero-order chi connectivity index (χ0) is 16.8. The Hall–Kier alpha value is -2.32. The van der Waals surface area contributed by atoms with Crippen molar-refractivity contribution in [1.82, 2.24) is 15.4 Å². The van der Waals surface area contributed by atoms with Crippen LogP contribution in [0.5, 0.6) is 11.5 Å². The van der Waals surface area contributed by atoms with Crippen LogP contribution in [0.1, 0.15) is 5.69 Å². The highest BCUT2D eigenvalue weighted by Crippen LogP contribution is 2.31. The third-order valence-electron chi connectivity index (χ3n) is 2.98. The molecule has 1 aromatic carbocycles. The topological polar surface area (TPSA) is 99.4 Å². The summed E-state index contributed by atoms with van der Waals surface area (Å²) in [5, 5.41) is 0.700. The third kappa shape index (κ3) is 4.33. The van der Waals surface area contributed by atoms with Crippen LogP contribution < -0.4 is 20.7 Å². The largest absolute Gasteiger partial charge is 0.493 e. The summed E-state index contributed by atoms with van der Waals surface area (Å²) < 4.78 is 10.5. The average Bonchev–Trinajstić information content (AvgIpc) is 2.58. The van der Waals surface area contributed by atoms with Crippen LogP contribution in [0.4, 0.5) is 0 Å². The molecule has 0 radical (unpaired) electrons. The summed E-state index contributed by atoms with van der Waals surface area (Å²) in [6.07, 6.45) is 0. The van der Waals surface area contributed by atoms with Gasteiger partial charge in [0.1, 0.15) is 5.03 Å². The number of aryl methyl sites for hydroxylation is 1. The molecule has 23 heavy (non-hydrogen) atoms. The van der Waals surface area contributed by atoms with E-state index in [1.165, 1.54) is 11.8 Å². The first-order chi connectivity index (χ1) is 11.1. The van der Waals surface area contributed by atoms with Crippen LogP contribution in [0.3, 0.4) is 0 Å². The first-order valence-corrected chi connectivity index (χ1v) is 7.76. The van der Waals surface area contributed by atoms with E-state index in [1.807, 2.05) is 25.1 Å². The van der Waals surface area contributed by atoms with Gasteiger partial charge in [-0.2, -0.15) is 0 Å². The lowest BCUT2D eigenvalue weighted by Crippen LogP contribution is -2.31. The van der Waals surface area contributed by atoms with Crippen LogP contribution in [0, 0.1) is 6.92 Å². The molecule has 0 atom stereocenters. The van der Waals surface area contributed by atoms with Gasteiger partial charge in [0.2, 0.25) is 5.91 Å². The molecule has 0 aliphatic carbocycles. The van der Waals surface area contributed by atoms with Gasteiger partial charge in [-0.15, -0.1) is 0 Å². The Bertz CT molecular complexity index is 709. The number of nitrogens with zero attached hydrogens (tertiary/aromatic N) is 2. The van der Waals surface area contributed by atoms with E-state index in [1.54, 1.807) is 20.3 Å². The number of rotatable bonds is 6. The number of thioether (sulfide) groups is 1. The van der Waals surface area contributed by atoms with Gasteiger partial charge in [-0.3, -0.25) is 10.2 Å². The molecule has 0 aliphatic rings. The van der Waals surface area contributed by atoms with Gasteiger partial charge in [0.05, 0.1) is 20.0 Å². The van der Waals surface area contributed by atoms with Crippen molar-refractivity contribution in [3.05, 3.63) is 30.0 Å². The molecule has 1 heterocycles. The van der Waals surface area contributed by atoms with Crippen molar-refractivity contribution in [2.24, 2.45) is 5.84 Å². The van der Waals surface area contributed by atoms with Crippen LogP contribution >= 0.6 is 11.8 Å². The number of hydrogen-bond acceptors (Lipinski definition) is 7. The number of nitrogens with two attached hydrogens (primary N) is 1. The third-order valence-corrected chi connectivity index (χ3v) is 3.90. The highest BCUT2D eigenvalue weighted by atomic mass is 32.2. The fourth-order valence-electron chi connectivity index (χ4n) is 1.90. The van der Waals surface area contributed by atoms with Crippen molar-refractivity contribution in [1.29, 1.82) is 0 Å². The number of aromatic nitrogens is 2. The fourth-order valence-corrected chi connectivity index (χ4v) is 2.67. The Kier molecular flexibility index (Phi) is 5.78. The number of benzene rings is 1. The molecule has 7 nitrogen and oxygen atoms in total. The molecule has 0 aliphatic heterocycles. The molecule has 2 aromatic rings. The lowest BCUT2D eigenvalue weighted by atomic mass is 10.2. The highest BCUT2D eigenvalue weighted by Gasteiger charge is 2.11. The number of nitrogens with one attached hydrogen (secondary N) is 1. The van der Waals surface area contributed by atoms with Gasteiger partial charge < -0.3 is 9.47 Å². The van der Waals surface area contributed by atoms with E-state index in [9.17, 15) is 4.79 Å². The van der Waals surface area contributed by atoms with Crippen molar-refractivity contribution in [3.8, 4) is 22.9 Å². The van der Waals surface area contributed by atoms with E-state index in [-0.39, 0.29) is 11.7 Å². The minimum Gasteiger partial charge on any atom is -0.493 e. The molecule has 122 valence electrons. The normalized spacial score (nSPS) is 10.3. The number of carbonyl (C=O) groups excluding carboxylic acids is 1. The maximum Gasteiger partial charge on any atom is 0.244 e. The van der Waals surface area contributed by atoms with Crippen LogP contribution in [0.25, 0.3) is 11.4 Å². The lowest BCUT2D eigenvalue weighted by Gasteiger charge is -2.10. The van der Waals surface area contributed by atoms with E-state index >= 15 is 0 Å². The highest BCUT2D eigenvalue weighted by molar-refractivity contribution is 7.99. The monoisotopic (exact) mass is 334 g/mol.